The van der Waals surface area contributed by atoms with Crippen molar-refractivity contribution in [1.29, 1.82) is 0 Å². The van der Waals surface area contributed by atoms with E-state index < -0.39 is 97.5 Å². The number of unbranched alkanes of at least 4 members (excludes halogenated alkanes) is 45. The third-order valence-electron chi connectivity index (χ3n) is 16.4. The molecule has 0 saturated heterocycles. The number of carbonyl (C=O) groups is 4. The van der Waals surface area contributed by atoms with Crippen LogP contribution in [-0.2, 0) is 65.4 Å². The number of rotatable bonds is 71. The van der Waals surface area contributed by atoms with Crippen LogP contribution in [0.2, 0.25) is 0 Å². The van der Waals surface area contributed by atoms with Crippen LogP contribution in [0.5, 0.6) is 0 Å². The second kappa shape index (κ2) is 64.8. The second-order valence-electron chi connectivity index (χ2n) is 25.3. The molecule has 0 aliphatic carbocycles. The second-order valence-corrected chi connectivity index (χ2v) is 28.2. The Kier molecular flexibility index (Phi) is 63.3. The van der Waals surface area contributed by atoms with E-state index in [1.54, 1.807) is 0 Å². The van der Waals surface area contributed by atoms with E-state index in [0.717, 1.165) is 96.3 Å². The van der Waals surface area contributed by atoms with Crippen LogP contribution in [-0.4, -0.2) is 96.7 Å². The fourth-order valence-electron chi connectivity index (χ4n) is 10.7. The average Bonchev–Trinajstić information content (AvgIpc) is 3.58. The molecule has 0 saturated carbocycles. The predicted octanol–water partition coefficient (Wildman–Crippen LogP) is 20.3. The molecular formula is C70H136O17P2. The maximum Gasteiger partial charge on any atom is 0.472 e. The zero-order valence-electron chi connectivity index (χ0n) is 57.4. The summed E-state index contributed by atoms with van der Waals surface area (Å²) in [5, 5.41) is 10.6. The highest BCUT2D eigenvalue weighted by molar-refractivity contribution is 7.47. The van der Waals surface area contributed by atoms with Crippen molar-refractivity contribution in [2.75, 3.05) is 39.6 Å². The maximum absolute atomic E-state index is 13.0. The van der Waals surface area contributed by atoms with Crippen LogP contribution in [0.25, 0.3) is 0 Å². The number of phosphoric acid groups is 2. The number of aliphatic hydroxyl groups excluding tert-OH is 1. The summed E-state index contributed by atoms with van der Waals surface area (Å²) in [6.45, 7) is 4.91. The van der Waals surface area contributed by atoms with Crippen LogP contribution in [0.3, 0.4) is 0 Å². The topological polar surface area (TPSA) is 237 Å². The van der Waals surface area contributed by atoms with Crippen LogP contribution in [0, 0.1) is 0 Å². The summed E-state index contributed by atoms with van der Waals surface area (Å²) in [7, 11) is -9.89. The Morgan fingerprint density at radius 3 is 0.663 bits per heavy atom. The molecular weight excluding hydrogens is 1170 g/mol. The van der Waals surface area contributed by atoms with Gasteiger partial charge in [-0.05, 0) is 25.7 Å². The van der Waals surface area contributed by atoms with E-state index >= 15 is 0 Å². The van der Waals surface area contributed by atoms with Crippen molar-refractivity contribution in [2.24, 2.45) is 0 Å². The van der Waals surface area contributed by atoms with Crippen molar-refractivity contribution < 1.29 is 80.2 Å². The van der Waals surface area contributed by atoms with Gasteiger partial charge in [0.05, 0.1) is 26.4 Å². The van der Waals surface area contributed by atoms with Crippen LogP contribution < -0.4 is 0 Å². The summed E-state index contributed by atoms with van der Waals surface area (Å²) in [5.41, 5.74) is 0. The van der Waals surface area contributed by atoms with Gasteiger partial charge in [-0.1, -0.05) is 317 Å². The first-order valence-corrected chi connectivity index (χ1v) is 39.8. The zero-order chi connectivity index (χ0) is 65.4. The smallest absolute Gasteiger partial charge is 0.462 e. The lowest BCUT2D eigenvalue weighted by Gasteiger charge is -2.21. The lowest BCUT2D eigenvalue weighted by Crippen LogP contribution is -2.30. The van der Waals surface area contributed by atoms with Gasteiger partial charge in [0.2, 0.25) is 0 Å². The van der Waals surface area contributed by atoms with Crippen molar-refractivity contribution in [2.45, 2.75) is 386 Å². The predicted molar refractivity (Wildman–Crippen MR) is 359 cm³/mol. The Hall–Kier alpha value is -1.94. The molecule has 528 valence electrons. The Balaban J connectivity index is 5.18. The van der Waals surface area contributed by atoms with Gasteiger partial charge in [-0.3, -0.25) is 37.3 Å². The molecule has 5 atom stereocenters. The number of phosphoric ester groups is 2. The lowest BCUT2D eigenvalue weighted by molar-refractivity contribution is -0.161. The highest BCUT2D eigenvalue weighted by Gasteiger charge is 2.30. The highest BCUT2D eigenvalue weighted by Crippen LogP contribution is 2.45. The monoisotopic (exact) mass is 1310 g/mol. The van der Waals surface area contributed by atoms with E-state index in [2.05, 4.69) is 27.7 Å². The molecule has 19 heteroatoms. The van der Waals surface area contributed by atoms with E-state index in [1.807, 2.05) is 0 Å². The summed E-state index contributed by atoms with van der Waals surface area (Å²) in [6, 6.07) is 0. The Morgan fingerprint density at radius 2 is 0.449 bits per heavy atom. The SMILES string of the molecule is CCCCCCCCCCCCCCCCCCCCC(=O)O[C@H](COC(=O)CCCCCCCCCCCCCCCC)COP(=O)(O)OC[C@@H](O)COP(=O)(O)OC[C@@H](COC(=O)CCCCCCCCCC)OC(=O)CCCCCCCCCCC. The number of esters is 4. The molecule has 0 amide bonds. The van der Waals surface area contributed by atoms with Gasteiger partial charge in [-0.25, -0.2) is 9.13 Å². The van der Waals surface area contributed by atoms with Crippen molar-refractivity contribution in [1.82, 2.24) is 0 Å². The molecule has 0 rings (SSSR count). The molecule has 0 aliphatic rings. The summed E-state index contributed by atoms with van der Waals surface area (Å²) < 4.78 is 68.2. The van der Waals surface area contributed by atoms with Gasteiger partial charge >= 0.3 is 39.5 Å². The Morgan fingerprint density at radius 1 is 0.270 bits per heavy atom. The first-order chi connectivity index (χ1) is 43.2. The quantitative estimate of drug-likeness (QED) is 0.0222. The zero-order valence-corrected chi connectivity index (χ0v) is 59.2. The van der Waals surface area contributed by atoms with Crippen molar-refractivity contribution in [3.8, 4) is 0 Å². The molecule has 0 heterocycles. The number of aliphatic hydroxyl groups is 1. The Bertz CT molecular complexity index is 1710. The minimum atomic E-state index is -4.95. The molecule has 0 bridgehead atoms. The first kappa shape index (κ1) is 87.1. The van der Waals surface area contributed by atoms with Gasteiger partial charge in [-0.15, -0.1) is 0 Å². The molecule has 2 unspecified atom stereocenters. The summed E-state index contributed by atoms with van der Waals surface area (Å²) in [6.07, 6.45) is 52.8. The van der Waals surface area contributed by atoms with Crippen LogP contribution in [0.15, 0.2) is 0 Å². The first-order valence-electron chi connectivity index (χ1n) is 36.8. The molecule has 89 heavy (non-hydrogen) atoms. The minimum absolute atomic E-state index is 0.106. The average molecular weight is 1310 g/mol. The summed E-state index contributed by atoms with van der Waals surface area (Å²) in [4.78, 5) is 72.4. The molecule has 0 aromatic rings. The van der Waals surface area contributed by atoms with Gasteiger partial charge in [-0.2, -0.15) is 0 Å². The summed E-state index contributed by atoms with van der Waals surface area (Å²) >= 11 is 0. The highest BCUT2D eigenvalue weighted by atomic mass is 31.2. The van der Waals surface area contributed by atoms with E-state index in [0.29, 0.717) is 25.7 Å². The Labute approximate surface area is 543 Å². The molecule has 0 fully saturated rings. The van der Waals surface area contributed by atoms with E-state index in [1.165, 1.54) is 193 Å². The van der Waals surface area contributed by atoms with Crippen molar-refractivity contribution >= 4 is 39.5 Å². The van der Waals surface area contributed by atoms with E-state index in [9.17, 15) is 43.2 Å². The fraction of sp³-hybridized carbons (Fsp3) is 0.943. The molecule has 17 nitrogen and oxygen atoms in total. The van der Waals surface area contributed by atoms with Gasteiger partial charge < -0.3 is 33.8 Å². The molecule has 0 aromatic heterocycles. The van der Waals surface area contributed by atoms with Crippen molar-refractivity contribution in [3.63, 3.8) is 0 Å². The molecule has 0 radical (unpaired) electrons. The molecule has 0 aromatic carbocycles. The van der Waals surface area contributed by atoms with E-state index in [-0.39, 0.29) is 25.7 Å². The third kappa shape index (κ3) is 64.6. The number of hydrogen-bond donors (Lipinski definition) is 3. The maximum atomic E-state index is 13.0. The largest absolute Gasteiger partial charge is 0.472 e. The normalized spacial score (nSPS) is 14.0. The number of carbonyl (C=O) groups excluding carboxylic acids is 4. The number of ether oxygens (including phenoxy) is 4. The molecule has 0 spiro atoms. The van der Waals surface area contributed by atoms with Crippen LogP contribution in [0.1, 0.15) is 368 Å². The van der Waals surface area contributed by atoms with Gasteiger partial charge in [0, 0.05) is 25.7 Å². The van der Waals surface area contributed by atoms with E-state index in [4.69, 9.17) is 37.0 Å². The van der Waals surface area contributed by atoms with Gasteiger partial charge in [0.15, 0.2) is 12.2 Å². The molecule has 3 N–H and O–H groups in total. The third-order valence-corrected chi connectivity index (χ3v) is 18.3. The molecule has 0 aliphatic heterocycles. The minimum Gasteiger partial charge on any atom is -0.462 e. The summed E-state index contributed by atoms with van der Waals surface area (Å²) in [5.74, 6) is -2.12. The van der Waals surface area contributed by atoms with Crippen LogP contribution >= 0.6 is 15.6 Å². The fourth-order valence-corrected chi connectivity index (χ4v) is 12.3. The lowest BCUT2D eigenvalue weighted by atomic mass is 10.0. The van der Waals surface area contributed by atoms with Crippen molar-refractivity contribution in [3.05, 3.63) is 0 Å². The number of hydrogen-bond acceptors (Lipinski definition) is 15. The van der Waals surface area contributed by atoms with Gasteiger partial charge in [0.1, 0.15) is 19.3 Å². The standard InChI is InChI=1S/C70H136O17P2/c1-5-9-13-17-21-25-27-29-31-32-33-34-36-38-41-45-49-53-57-70(75)87-66(61-81-68(73)55-51-47-43-40-37-35-30-28-26-22-18-14-10-6-2)63-85-89(78,79)83-59-64(71)58-82-88(76,77)84-62-65(60-80-67(72)54-50-46-42-24-20-16-12-8-4)86-69(74)56-52-48-44-39-23-19-15-11-7-3/h64-66,71H,5-63H2,1-4H3,(H,76,77)(H,78,79)/t64-,65+,66+/m0/s1. The van der Waals surface area contributed by atoms with Gasteiger partial charge in [0.25, 0.3) is 0 Å². The van der Waals surface area contributed by atoms with Crippen LogP contribution in [0.4, 0.5) is 0 Å².